The van der Waals surface area contributed by atoms with Gasteiger partial charge in [-0.15, -0.1) is 0 Å². The molecule has 0 aliphatic heterocycles. The first-order chi connectivity index (χ1) is 12.9. The normalized spacial score (nSPS) is 55.2. The molecule has 5 nitrogen and oxygen atoms in total. The molecule has 0 unspecified atom stereocenters. The molecule has 0 saturated heterocycles. The SMILES string of the molecule is C[C@@H]1C[C@H]2[C@@H]3[C@@H](C(=O)O)[C@H](F)C4=CC(=O)C=C[C@]4(C)[C@@]3(F)[C@@H](O)C[C@]2(C)[C@@H]1O. The highest BCUT2D eigenvalue weighted by molar-refractivity contribution is 6.01. The molecule has 7 heteroatoms. The fourth-order valence-corrected chi connectivity index (χ4v) is 6.85. The molecular weight excluding hydrogens is 370 g/mol. The quantitative estimate of drug-likeness (QED) is 0.632. The molecule has 0 amide bonds. The molecule has 4 aliphatic carbocycles. The van der Waals surface area contributed by atoms with Crippen molar-refractivity contribution in [1.82, 2.24) is 0 Å². The average molecular weight is 396 g/mol. The maximum absolute atomic E-state index is 16.9. The summed E-state index contributed by atoms with van der Waals surface area (Å²) in [7, 11) is 0. The lowest BCUT2D eigenvalue weighted by molar-refractivity contribution is -0.227. The number of carbonyl (C=O) groups is 2. The summed E-state index contributed by atoms with van der Waals surface area (Å²) in [5.74, 6) is -5.90. The van der Waals surface area contributed by atoms with E-state index in [0.29, 0.717) is 6.42 Å². The van der Waals surface area contributed by atoms with E-state index in [1.807, 2.05) is 0 Å². The number of carbonyl (C=O) groups excluding carboxylic acids is 1. The van der Waals surface area contributed by atoms with Gasteiger partial charge in [0.1, 0.15) is 6.17 Å². The Labute approximate surface area is 162 Å². The Kier molecular flexibility index (Phi) is 4.03. The Hall–Kier alpha value is -1.60. The third-order valence-corrected chi connectivity index (χ3v) is 8.28. The molecule has 3 N–H and O–H groups in total. The first-order valence-electron chi connectivity index (χ1n) is 9.76. The largest absolute Gasteiger partial charge is 0.481 e. The molecule has 0 bridgehead atoms. The second kappa shape index (κ2) is 5.72. The van der Waals surface area contributed by atoms with Crippen molar-refractivity contribution in [2.24, 2.45) is 34.5 Å². The summed E-state index contributed by atoms with van der Waals surface area (Å²) in [6.45, 7) is 4.97. The molecule has 154 valence electrons. The molecule has 10 atom stereocenters. The van der Waals surface area contributed by atoms with E-state index in [9.17, 15) is 24.9 Å². The van der Waals surface area contributed by atoms with E-state index in [2.05, 4.69) is 0 Å². The van der Waals surface area contributed by atoms with Crippen molar-refractivity contribution in [3.05, 3.63) is 23.8 Å². The highest BCUT2D eigenvalue weighted by Crippen LogP contribution is 2.69. The number of aliphatic hydroxyl groups excluding tert-OH is 2. The lowest BCUT2D eigenvalue weighted by atomic mass is 9.43. The van der Waals surface area contributed by atoms with Gasteiger partial charge in [0.25, 0.3) is 0 Å². The molecule has 0 radical (unpaired) electrons. The van der Waals surface area contributed by atoms with E-state index >= 15 is 8.78 Å². The minimum atomic E-state index is -2.46. The highest BCUT2D eigenvalue weighted by atomic mass is 19.1. The number of allylic oxidation sites excluding steroid dienone is 4. The van der Waals surface area contributed by atoms with E-state index in [1.165, 1.54) is 13.0 Å². The molecule has 28 heavy (non-hydrogen) atoms. The van der Waals surface area contributed by atoms with Crippen LogP contribution in [0.5, 0.6) is 0 Å². The Bertz CT molecular complexity index is 809. The van der Waals surface area contributed by atoms with Crippen molar-refractivity contribution in [2.75, 3.05) is 0 Å². The fourth-order valence-electron chi connectivity index (χ4n) is 6.85. The molecule has 3 fully saturated rings. The third-order valence-electron chi connectivity index (χ3n) is 8.28. The Morgan fingerprint density at radius 3 is 2.54 bits per heavy atom. The monoisotopic (exact) mass is 396 g/mol. The Morgan fingerprint density at radius 2 is 1.93 bits per heavy atom. The van der Waals surface area contributed by atoms with Crippen molar-refractivity contribution in [1.29, 1.82) is 0 Å². The molecule has 0 aromatic carbocycles. The van der Waals surface area contributed by atoms with Gasteiger partial charge in [0.2, 0.25) is 0 Å². The van der Waals surface area contributed by atoms with Crippen LogP contribution in [0.4, 0.5) is 8.78 Å². The standard InChI is InChI=1S/C21H26F2O5/c1-9-6-11-15-14(18(27)28)16(22)12-7-10(24)4-5-20(12,3)21(15,23)13(25)8-19(11,2)17(9)26/h4-5,7,9,11,13-17,25-26H,6,8H2,1-3H3,(H,27,28)/t9-,11+,13+,14-,15-,16-,17-,19+,20+,21-/m1/s1. The second-order valence-corrected chi connectivity index (χ2v) is 9.59. The number of fused-ring (bicyclic) bond motifs is 5. The molecule has 0 spiro atoms. The van der Waals surface area contributed by atoms with Gasteiger partial charge in [-0.1, -0.05) is 19.9 Å². The first-order valence-corrected chi connectivity index (χ1v) is 9.76. The maximum atomic E-state index is 16.9. The number of aliphatic hydroxyl groups is 2. The minimum absolute atomic E-state index is 0.0515. The van der Waals surface area contributed by atoms with Gasteiger partial charge in [0.05, 0.1) is 18.1 Å². The van der Waals surface area contributed by atoms with Gasteiger partial charge in [-0.05, 0) is 54.7 Å². The van der Waals surface area contributed by atoms with E-state index in [4.69, 9.17) is 0 Å². The van der Waals surface area contributed by atoms with Gasteiger partial charge in [-0.2, -0.15) is 0 Å². The summed E-state index contributed by atoms with van der Waals surface area (Å²) >= 11 is 0. The van der Waals surface area contributed by atoms with Crippen LogP contribution < -0.4 is 0 Å². The molecule has 0 aromatic rings. The van der Waals surface area contributed by atoms with Gasteiger partial charge in [0, 0.05) is 11.3 Å². The number of carboxylic acid groups (broad SMARTS) is 1. The number of halogens is 2. The van der Waals surface area contributed by atoms with Crippen LogP contribution in [0, 0.1) is 34.5 Å². The summed E-state index contributed by atoms with van der Waals surface area (Å²) in [6.07, 6.45) is -0.764. The lowest BCUT2D eigenvalue weighted by Gasteiger charge is -2.63. The molecule has 4 rings (SSSR count). The number of hydrogen-bond donors (Lipinski definition) is 3. The van der Waals surface area contributed by atoms with Crippen LogP contribution in [-0.2, 0) is 9.59 Å². The van der Waals surface area contributed by atoms with Gasteiger partial charge in [0.15, 0.2) is 11.5 Å². The molecule has 3 saturated carbocycles. The zero-order valence-electron chi connectivity index (χ0n) is 16.1. The summed E-state index contributed by atoms with van der Waals surface area (Å²) in [5.41, 5.74) is -5.22. The van der Waals surface area contributed by atoms with Crippen molar-refractivity contribution < 1.29 is 33.7 Å². The second-order valence-electron chi connectivity index (χ2n) is 9.59. The van der Waals surface area contributed by atoms with Crippen LogP contribution in [0.15, 0.2) is 23.8 Å². The average Bonchev–Trinajstić information content (AvgIpc) is 2.83. The van der Waals surface area contributed by atoms with E-state index in [0.717, 1.165) is 12.2 Å². The highest BCUT2D eigenvalue weighted by Gasteiger charge is 2.76. The topological polar surface area (TPSA) is 94.8 Å². The maximum Gasteiger partial charge on any atom is 0.310 e. The van der Waals surface area contributed by atoms with E-state index in [1.54, 1.807) is 13.8 Å². The number of alkyl halides is 2. The number of hydrogen-bond acceptors (Lipinski definition) is 4. The lowest BCUT2D eigenvalue weighted by Crippen LogP contribution is -2.71. The van der Waals surface area contributed by atoms with E-state index < -0.39 is 64.4 Å². The predicted molar refractivity (Wildman–Crippen MR) is 95.7 cm³/mol. The fraction of sp³-hybridized carbons (Fsp3) is 0.714. The number of carboxylic acids is 1. The molecular formula is C21H26F2O5. The third kappa shape index (κ3) is 2.07. The van der Waals surface area contributed by atoms with Crippen LogP contribution in [0.3, 0.4) is 0 Å². The Morgan fingerprint density at radius 1 is 1.29 bits per heavy atom. The summed E-state index contributed by atoms with van der Waals surface area (Å²) < 4.78 is 32.5. The summed E-state index contributed by atoms with van der Waals surface area (Å²) in [5, 5.41) is 31.6. The summed E-state index contributed by atoms with van der Waals surface area (Å²) in [6, 6.07) is 0. The van der Waals surface area contributed by atoms with Crippen LogP contribution in [0.1, 0.15) is 33.6 Å². The number of rotatable bonds is 1. The van der Waals surface area contributed by atoms with Gasteiger partial charge in [-0.3, -0.25) is 9.59 Å². The van der Waals surface area contributed by atoms with Gasteiger partial charge < -0.3 is 15.3 Å². The first kappa shape index (κ1) is 19.7. The van der Waals surface area contributed by atoms with Crippen molar-refractivity contribution in [2.45, 2.75) is 57.7 Å². The molecule has 0 aromatic heterocycles. The smallest absolute Gasteiger partial charge is 0.310 e. The van der Waals surface area contributed by atoms with Crippen LogP contribution in [-0.4, -0.2) is 51.1 Å². The van der Waals surface area contributed by atoms with Crippen LogP contribution in [0.2, 0.25) is 0 Å². The van der Waals surface area contributed by atoms with Crippen LogP contribution in [0.25, 0.3) is 0 Å². The van der Waals surface area contributed by atoms with E-state index in [-0.39, 0.29) is 17.9 Å². The van der Waals surface area contributed by atoms with Gasteiger partial charge in [-0.25, -0.2) is 8.78 Å². The van der Waals surface area contributed by atoms with Crippen molar-refractivity contribution in [3.63, 3.8) is 0 Å². The zero-order valence-corrected chi connectivity index (χ0v) is 16.1. The predicted octanol–water partition coefficient (Wildman–Crippen LogP) is 2.22. The zero-order chi connectivity index (χ0) is 20.8. The van der Waals surface area contributed by atoms with Gasteiger partial charge >= 0.3 is 5.97 Å². The number of ketones is 1. The summed E-state index contributed by atoms with van der Waals surface area (Å²) in [4.78, 5) is 24.0. The molecule has 4 aliphatic rings. The minimum Gasteiger partial charge on any atom is -0.481 e. The molecule has 0 heterocycles. The van der Waals surface area contributed by atoms with Crippen LogP contribution >= 0.6 is 0 Å². The van der Waals surface area contributed by atoms with Crippen molar-refractivity contribution >= 4 is 11.8 Å². The van der Waals surface area contributed by atoms with Crippen molar-refractivity contribution in [3.8, 4) is 0 Å². The Balaban J connectivity index is 1.97. The number of aliphatic carboxylic acids is 1.